The van der Waals surface area contributed by atoms with Crippen LogP contribution in [-0.4, -0.2) is 19.8 Å². The minimum Gasteiger partial charge on any atom is -0.169 e. The summed E-state index contributed by atoms with van der Waals surface area (Å²) in [4.78, 5) is 0. The minimum absolute atomic E-state index is 0.596. The van der Waals surface area contributed by atoms with Gasteiger partial charge in [-0.15, -0.1) is 0 Å². The van der Waals surface area contributed by atoms with Crippen molar-refractivity contribution in [2.24, 2.45) is 0 Å². The second kappa shape index (κ2) is 6.32. The van der Waals surface area contributed by atoms with Crippen molar-refractivity contribution < 1.29 is 13.6 Å². The Morgan fingerprint density at radius 2 is 1.18 bits per heavy atom. The van der Waals surface area contributed by atoms with Crippen molar-refractivity contribution in [3.63, 3.8) is 0 Å². The van der Waals surface area contributed by atoms with Crippen molar-refractivity contribution in [1.82, 2.24) is 0 Å². The molecule has 0 saturated carbocycles. The fraction of sp³-hybridized carbons (Fsp3) is 1.00. The Hall–Kier alpha value is 0.790. The summed E-state index contributed by atoms with van der Waals surface area (Å²) >= 11 is 3.31. The lowest BCUT2D eigenvalue weighted by Crippen LogP contribution is -2.01. The molecule has 0 aliphatic carbocycles. The fourth-order valence-corrected chi connectivity index (χ4v) is 3.57. The highest BCUT2D eigenvalue weighted by Crippen LogP contribution is 2.69. The fourth-order valence-electron chi connectivity index (χ4n) is 0.574. The van der Waals surface area contributed by atoms with Gasteiger partial charge in [0.15, 0.2) is 0 Å². The summed E-state index contributed by atoms with van der Waals surface area (Å²) in [6, 6.07) is 0. The van der Waals surface area contributed by atoms with Crippen LogP contribution < -0.4 is 0 Å². The molecule has 0 radical (unpaired) electrons. The van der Waals surface area contributed by atoms with Crippen molar-refractivity contribution in [3.8, 4) is 0 Å². The first-order chi connectivity index (χ1) is 5.18. The van der Waals surface area contributed by atoms with E-state index < -0.39 is 6.65 Å². The van der Waals surface area contributed by atoms with E-state index in [0.717, 1.165) is 0 Å². The van der Waals surface area contributed by atoms with Gasteiger partial charge in [-0.25, -0.2) is 0 Å². The Balaban J connectivity index is 3.79. The zero-order valence-electron chi connectivity index (χ0n) is 7.17. The molecule has 0 aromatic rings. The molecule has 0 heterocycles. The lowest BCUT2D eigenvalue weighted by atomic mass is 10.9. The van der Waals surface area contributed by atoms with E-state index in [4.69, 9.17) is 13.6 Å². The number of hydrogen-bond acceptors (Lipinski definition) is 3. The molecule has 0 unspecified atom stereocenters. The Morgan fingerprint density at radius 3 is 1.36 bits per heavy atom. The highest BCUT2D eigenvalue weighted by molar-refractivity contribution is 9.40. The zero-order chi connectivity index (χ0) is 8.74. The smallest absolute Gasteiger partial charge is 0.169 e. The van der Waals surface area contributed by atoms with Gasteiger partial charge >= 0.3 is 6.65 Å². The monoisotopic (exact) mass is 245 g/mol. The van der Waals surface area contributed by atoms with Crippen molar-refractivity contribution in [1.29, 1.82) is 0 Å². The molecular weight excluding hydrogens is 231 g/mol. The molecule has 0 bridgehead atoms. The predicted octanol–water partition coefficient (Wildman–Crippen LogP) is 3.17. The second-order valence-electron chi connectivity index (χ2n) is 1.68. The van der Waals surface area contributed by atoms with Gasteiger partial charge in [0.2, 0.25) is 15.5 Å². The third kappa shape index (κ3) is 5.10. The molecule has 0 atom stereocenters. The molecule has 0 aromatic heterocycles. The molecule has 5 heteroatoms. The van der Waals surface area contributed by atoms with Gasteiger partial charge in [0.25, 0.3) is 0 Å². The van der Waals surface area contributed by atoms with Crippen LogP contribution in [0.5, 0.6) is 0 Å². The average molecular weight is 246 g/mol. The van der Waals surface area contributed by atoms with Gasteiger partial charge < -0.3 is 0 Å². The number of hydrogen-bond donors (Lipinski definition) is 0. The van der Waals surface area contributed by atoms with Crippen LogP contribution in [-0.2, 0) is 13.6 Å². The molecule has 68 valence electrons. The van der Waals surface area contributed by atoms with Crippen LogP contribution in [0.4, 0.5) is 0 Å². The van der Waals surface area contributed by atoms with E-state index in [1.807, 2.05) is 20.8 Å². The second-order valence-corrected chi connectivity index (χ2v) is 5.93. The van der Waals surface area contributed by atoms with E-state index in [0.29, 0.717) is 19.8 Å². The van der Waals surface area contributed by atoms with Gasteiger partial charge in [0.05, 0.1) is 19.8 Å². The topological polar surface area (TPSA) is 27.7 Å². The van der Waals surface area contributed by atoms with E-state index >= 15 is 0 Å². The average Bonchev–Trinajstić information content (AvgIpc) is 1.88. The molecule has 0 N–H and O–H groups in total. The van der Waals surface area contributed by atoms with Crippen LogP contribution in [0.3, 0.4) is 0 Å². The molecule has 3 nitrogen and oxygen atoms in total. The quantitative estimate of drug-likeness (QED) is 0.673. The van der Waals surface area contributed by atoms with E-state index in [-0.39, 0.29) is 0 Å². The van der Waals surface area contributed by atoms with Gasteiger partial charge in [-0.05, 0) is 20.8 Å². The summed E-state index contributed by atoms with van der Waals surface area (Å²) in [5.41, 5.74) is 0. The Morgan fingerprint density at radius 1 is 0.909 bits per heavy atom. The Bertz CT molecular complexity index is 84.8. The van der Waals surface area contributed by atoms with E-state index in [1.54, 1.807) is 0 Å². The first kappa shape index (κ1) is 11.8. The van der Waals surface area contributed by atoms with Crippen molar-refractivity contribution in [2.75, 3.05) is 19.8 Å². The van der Waals surface area contributed by atoms with Gasteiger partial charge in [-0.2, -0.15) is 13.6 Å². The summed E-state index contributed by atoms with van der Waals surface area (Å²) in [5, 5.41) is 0. The maximum absolute atomic E-state index is 5.29. The Kier molecular flexibility index (Phi) is 6.78. The molecule has 0 saturated heterocycles. The minimum atomic E-state index is -2.16. The standard InChI is InChI=1S/C6H15BrO3P/c1-4-8-11(7,9-5-2)10-6-3/h4-6H2,1-3H3/q+1. The summed E-state index contributed by atoms with van der Waals surface area (Å²) in [6.45, 7) is 5.36. The lowest BCUT2D eigenvalue weighted by molar-refractivity contribution is 0.170. The van der Waals surface area contributed by atoms with Gasteiger partial charge in [0, 0.05) is 0 Å². The lowest BCUT2D eigenvalue weighted by Gasteiger charge is -2.12. The highest BCUT2D eigenvalue weighted by atomic mass is 79.9. The van der Waals surface area contributed by atoms with Crippen LogP contribution in [0, 0.1) is 0 Å². The third-order valence-electron chi connectivity index (χ3n) is 0.850. The van der Waals surface area contributed by atoms with Gasteiger partial charge in [-0.3, -0.25) is 0 Å². The highest BCUT2D eigenvalue weighted by Gasteiger charge is 2.41. The van der Waals surface area contributed by atoms with Gasteiger partial charge in [0.1, 0.15) is 0 Å². The molecule has 0 spiro atoms. The van der Waals surface area contributed by atoms with Crippen molar-refractivity contribution in [2.45, 2.75) is 20.8 Å². The number of rotatable bonds is 6. The number of halogens is 1. The van der Waals surface area contributed by atoms with Crippen LogP contribution in [0.15, 0.2) is 0 Å². The van der Waals surface area contributed by atoms with Crippen LogP contribution >= 0.6 is 22.1 Å². The molecule has 0 aliphatic heterocycles. The van der Waals surface area contributed by atoms with E-state index in [2.05, 4.69) is 15.5 Å². The maximum atomic E-state index is 5.29. The van der Waals surface area contributed by atoms with Crippen molar-refractivity contribution >= 4 is 22.1 Å². The molecule has 0 fully saturated rings. The maximum Gasteiger partial charge on any atom is 0.487 e. The molecule has 0 aliphatic rings. The van der Waals surface area contributed by atoms with Gasteiger partial charge in [-0.1, -0.05) is 0 Å². The summed E-state index contributed by atoms with van der Waals surface area (Å²) in [6.07, 6.45) is 0. The molecule has 0 aromatic carbocycles. The molecular formula is C6H15BrO3P+. The molecule has 11 heavy (non-hydrogen) atoms. The SMILES string of the molecule is CCO[P+](Br)(OCC)OCC. The summed E-state index contributed by atoms with van der Waals surface area (Å²) < 4.78 is 15.9. The molecule has 0 rings (SSSR count). The summed E-state index contributed by atoms with van der Waals surface area (Å²) in [7, 11) is 0. The molecule has 0 amide bonds. The van der Waals surface area contributed by atoms with E-state index in [9.17, 15) is 0 Å². The first-order valence-corrected chi connectivity index (χ1v) is 7.27. The summed E-state index contributed by atoms with van der Waals surface area (Å²) in [5.74, 6) is 0. The van der Waals surface area contributed by atoms with Crippen LogP contribution in [0.1, 0.15) is 20.8 Å². The van der Waals surface area contributed by atoms with Crippen LogP contribution in [0.25, 0.3) is 0 Å². The van der Waals surface area contributed by atoms with E-state index in [1.165, 1.54) is 0 Å². The van der Waals surface area contributed by atoms with Crippen LogP contribution in [0.2, 0.25) is 0 Å². The largest absolute Gasteiger partial charge is 0.487 e. The Labute approximate surface area is 76.7 Å². The predicted molar refractivity (Wildman–Crippen MR) is 50.7 cm³/mol. The zero-order valence-corrected chi connectivity index (χ0v) is 9.65. The first-order valence-electron chi connectivity index (χ1n) is 3.70. The van der Waals surface area contributed by atoms with Crippen molar-refractivity contribution in [3.05, 3.63) is 0 Å². The normalized spacial score (nSPS) is 12.0. The third-order valence-corrected chi connectivity index (χ3v) is 4.39.